The number of hydrogen-bond acceptors (Lipinski definition) is 6. The third kappa shape index (κ3) is 3.82. The third-order valence-electron chi connectivity index (χ3n) is 3.26. The Kier molecular flexibility index (Phi) is 5.58. The Hall–Kier alpha value is -1.37. The van der Waals surface area contributed by atoms with Crippen molar-refractivity contribution in [3.05, 3.63) is 23.7 Å². The van der Waals surface area contributed by atoms with Crippen LogP contribution < -0.4 is 5.32 Å². The van der Waals surface area contributed by atoms with Crippen LogP contribution in [0.4, 0.5) is 0 Å². The van der Waals surface area contributed by atoms with Gasteiger partial charge in [-0.25, -0.2) is 4.79 Å². The first kappa shape index (κ1) is 15.0. The zero-order valence-corrected chi connectivity index (χ0v) is 12.1. The molecule has 1 aromatic rings. The topological polar surface area (TPSA) is 63.9 Å². The number of nitrogens with zero attached hydrogens (tertiary/aromatic N) is 1. The van der Waals surface area contributed by atoms with E-state index in [0.717, 1.165) is 19.6 Å². The van der Waals surface area contributed by atoms with Crippen molar-refractivity contribution in [2.45, 2.75) is 19.6 Å². The number of nitrogens with one attached hydrogen (secondary N) is 1. The van der Waals surface area contributed by atoms with Gasteiger partial charge in [-0.05, 0) is 20.0 Å². The van der Waals surface area contributed by atoms with Crippen LogP contribution in [0.3, 0.4) is 0 Å². The zero-order valence-electron chi connectivity index (χ0n) is 12.1. The van der Waals surface area contributed by atoms with Gasteiger partial charge in [-0.15, -0.1) is 0 Å². The number of hydrogen-bond donors (Lipinski definition) is 1. The molecule has 1 aliphatic rings. The summed E-state index contributed by atoms with van der Waals surface area (Å²) in [6.07, 6.45) is 1.71. The molecule has 0 radical (unpaired) electrons. The van der Waals surface area contributed by atoms with Crippen molar-refractivity contribution < 1.29 is 18.7 Å². The summed E-state index contributed by atoms with van der Waals surface area (Å²) in [6, 6.07) is 1.67. The van der Waals surface area contributed by atoms with Crippen LogP contribution in [0.5, 0.6) is 0 Å². The van der Waals surface area contributed by atoms with E-state index in [1.807, 2.05) is 7.05 Å². The molecule has 0 aliphatic carbocycles. The number of furan rings is 1. The molecule has 1 aromatic heterocycles. The highest BCUT2D eigenvalue weighted by molar-refractivity contribution is 5.90. The summed E-state index contributed by atoms with van der Waals surface area (Å²) in [4.78, 5) is 14.0. The van der Waals surface area contributed by atoms with E-state index in [9.17, 15) is 4.79 Å². The van der Waals surface area contributed by atoms with Crippen molar-refractivity contribution in [1.82, 2.24) is 10.2 Å². The van der Waals surface area contributed by atoms with Crippen LogP contribution in [0.1, 0.15) is 23.0 Å². The van der Waals surface area contributed by atoms with E-state index in [1.54, 1.807) is 13.0 Å². The van der Waals surface area contributed by atoms with Gasteiger partial charge in [0.2, 0.25) is 0 Å². The Morgan fingerprint density at radius 3 is 3.20 bits per heavy atom. The fourth-order valence-corrected chi connectivity index (χ4v) is 2.33. The SMILES string of the molecule is CCOC(=O)c1ccoc1CN1CCOC(CNC)C1. The molecule has 6 heteroatoms. The average molecular weight is 282 g/mol. The molecule has 0 aromatic carbocycles. The quantitative estimate of drug-likeness (QED) is 0.781. The van der Waals surface area contributed by atoms with Gasteiger partial charge in [0.15, 0.2) is 0 Å². The Morgan fingerprint density at radius 1 is 1.60 bits per heavy atom. The van der Waals surface area contributed by atoms with Crippen LogP contribution in [-0.2, 0) is 16.0 Å². The van der Waals surface area contributed by atoms with Crippen molar-refractivity contribution in [2.75, 3.05) is 39.9 Å². The molecular formula is C14H22N2O4. The van der Waals surface area contributed by atoms with Gasteiger partial charge >= 0.3 is 5.97 Å². The summed E-state index contributed by atoms with van der Waals surface area (Å²) < 4.78 is 16.1. The predicted molar refractivity (Wildman–Crippen MR) is 73.6 cm³/mol. The molecule has 1 N–H and O–H groups in total. The molecule has 6 nitrogen and oxygen atoms in total. The number of carbonyl (C=O) groups excluding carboxylic acids is 1. The number of ether oxygens (including phenoxy) is 2. The maximum Gasteiger partial charge on any atom is 0.341 e. The summed E-state index contributed by atoms with van der Waals surface area (Å²) in [5, 5.41) is 3.11. The van der Waals surface area contributed by atoms with Crippen LogP contribution >= 0.6 is 0 Å². The van der Waals surface area contributed by atoms with E-state index >= 15 is 0 Å². The second-order valence-corrected chi connectivity index (χ2v) is 4.76. The molecule has 1 unspecified atom stereocenters. The lowest BCUT2D eigenvalue weighted by Crippen LogP contribution is -2.45. The Labute approximate surface area is 119 Å². The molecule has 1 aliphatic heterocycles. The minimum atomic E-state index is -0.323. The van der Waals surface area contributed by atoms with Crippen molar-refractivity contribution in [2.24, 2.45) is 0 Å². The first-order valence-electron chi connectivity index (χ1n) is 6.96. The van der Waals surface area contributed by atoms with Crippen LogP contribution in [0.15, 0.2) is 16.7 Å². The smallest absolute Gasteiger partial charge is 0.341 e. The molecule has 0 bridgehead atoms. The van der Waals surface area contributed by atoms with Gasteiger partial charge in [-0.2, -0.15) is 0 Å². The summed E-state index contributed by atoms with van der Waals surface area (Å²) in [5.41, 5.74) is 0.517. The Balaban J connectivity index is 1.96. The number of likely N-dealkylation sites (N-methyl/N-ethyl adjacent to an activating group) is 1. The van der Waals surface area contributed by atoms with Gasteiger partial charge in [0.25, 0.3) is 0 Å². The number of rotatable bonds is 6. The third-order valence-corrected chi connectivity index (χ3v) is 3.26. The molecule has 1 fully saturated rings. The van der Waals surface area contributed by atoms with Gasteiger partial charge < -0.3 is 19.2 Å². The lowest BCUT2D eigenvalue weighted by Gasteiger charge is -2.32. The molecule has 112 valence electrons. The van der Waals surface area contributed by atoms with Gasteiger partial charge in [0, 0.05) is 19.6 Å². The van der Waals surface area contributed by atoms with E-state index in [0.29, 0.717) is 31.1 Å². The standard InChI is InChI=1S/C14H22N2O4/c1-3-18-14(17)12-4-6-20-13(12)10-16-5-7-19-11(9-16)8-15-2/h4,6,11,15H,3,5,7-10H2,1-2H3. The van der Waals surface area contributed by atoms with E-state index in [1.165, 1.54) is 6.26 Å². The molecule has 2 heterocycles. The first-order valence-corrected chi connectivity index (χ1v) is 6.96. The molecule has 20 heavy (non-hydrogen) atoms. The maximum absolute atomic E-state index is 11.8. The van der Waals surface area contributed by atoms with Gasteiger partial charge in [-0.3, -0.25) is 4.90 Å². The highest BCUT2D eigenvalue weighted by Gasteiger charge is 2.23. The van der Waals surface area contributed by atoms with Crippen molar-refractivity contribution in [3.63, 3.8) is 0 Å². The van der Waals surface area contributed by atoms with Crippen LogP contribution in [0.25, 0.3) is 0 Å². The minimum Gasteiger partial charge on any atom is -0.467 e. The van der Waals surface area contributed by atoms with Crippen molar-refractivity contribution in [1.29, 1.82) is 0 Å². The zero-order chi connectivity index (χ0) is 14.4. The highest BCUT2D eigenvalue weighted by atomic mass is 16.5. The fourth-order valence-electron chi connectivity index (χ4n) is 2.33. The first-order chi connectivity index (χ1) is 9.74. The summed E-state index contributed by atoms with van der Waals surface area (Å²) in [6.45, 7) is 5.94. The Morgan fingerprint density at radius 2 is 2.45 bits per heavy atom. The lowest BCUT2D eigenvalue weighted by atomic mass is 10.2. The molecular weight excluding hydrogens is 260 g/mol. The van der Waals surface area contributed by atoms with Gasteiger partial charge in [-0.1, -0.05) is 0 Å². The van der Waals surface area contributed by atoms with Gasteiger partial charge in [0.1, 0.15) is 11.3 Å². The van der Waals surface area contributed by atoms with Crippen LogP contribution in [0, 0.1) is 0 Å². The van der Waals surface area contributed by atoms with E-state index < -0.39 is 0 Å². The number of esters is 1. The van der Waals surface area contributed by atoms with Crippen molar-refractivity contribution >= 4 is 5.97 Å². The minimum absolute atomic E-state index is 0.176. The van der Waals surface area contributed by atoms with Gasteiger partial charge in [0.05, 0.1) is 32.1 Å². The number of carbonyl (C=O) groups is 1. The Bertz CT molecular complexity index is 431. The number of morpholine rings is 1. The molecule has 0 spiro atoms. The highest BCUT2D eigenvalue weighted by Crippen LogP contribution is 2.16. The molecule has 1 saturated heterocycles. The van der Waals surface area contributed by atoms with E-state index in [2.05, 4.69) is 10.2 Å². The summed E-state index contributed by atoms with van der Waals surface area (Å²) in [7, 11) is 1.91. The second kappa shape index (κ2) is 7.42. The summed E-state index contributed by atoms with van der Waals surface area (Å²) >= 11 is 0. The largest absolute Gasteiger partial charge is 0.467 e. The van der Waals surface area contributed by atoms with E-state index in [-0.39, 0.29) is 12.1 Å². The van der Waals surface area contributed by atoms with Crippen LogP contribution in [0.2, 0.25) is 0 Å². The van der Waals surface area contributed by atoms with E-state index in [4.69, 9.17) is 13.9 Å². The molecule has 0 saturated carbocycles. The molecule has 0 amide bonds. The van der Waals surface area contributed by atoms with Crippen molar-refractivity contribution in [3.8, 4) is 0 Å². The second-order valence-electron chi connectivity index (χ2n) is 4.76. The molecule has 1 atom stereocenters. The predicted octanol–water partition coefficient (Wildman–Crippen LogP) is 0.876. The molecule has 2 rings (SSSR count). The normalized spacial score (nSPS) is 20.0. The fraction of sp³-hybridized carbons (Fsp3) is 0.643. The van der Waals surface area contributed by atoms with Crippen LogP contribution in [-0.4, -0.2) is 56.9 Å². The average Bonchev–Trinajstić information content (AvgIpc) is 2.88. The lowest BCUT2D eigenvalue weighted by molar-refractivity contribution is -0.0310. The maximum atomic E-state index is 11.8. The summed E-state index contributed by atoms with van der Waals surface area (Å²) in [5.74, 6) is 0.338. The monoisotopic (exact) mass is 282 g/mol.